The lowest BCUT2D eigenvalue weighted by molar-refractivity contribution is 0.102. The minimum atomic E-state index is -3.80. The third-order valence-corrected chi connectivity index (χ3v) is 6.99. The van der Waals surface area contributed by atoms with Gasteiger partial charge in [0.2, 0.25) is 20.0 Å². The average Bonchev–Trinajstić information content (AvgIpc) is 2.61. The number of anilines is 2. The normalized spacial score (nSPS) is 16.7. The highest BCUT2D eigenvalue weighted by atomic mass is 32.2. The molecular formula is C17H19N3O5S2. The van der Waals surface area contributed by atoms with Gasteiger partial charge in [0, 0.05) is 17.8 Å². The first-order valence-corrected chi connectivity index (χ1v) is 11.4. The van der Waals surface area contributed by atoms with Gasteiger partial charge in [0.15, 0.2) is 0 Å². The largest absolute Gasteiger partial charge is 0.322 e. The number of nitrogens with two attached hydrogens (primary N) is 1. The van der Waals surface area contributed by atoms with Crippen LogP contribution in [-0.2, 0) is 20.0 Å². The van der Waals surface area contributed by atoms with Crippen molar-refractivity contribution < 1.29 is 21.6 Å². The van der Waals surface area contributed by atoms with Crippen molar-refractivity contribution in [3.05, 3.63) is 54.1 Å². The molecule has 0 atom stereocenters. The van der Waals surface area contributed by atoms with E-state index < -0.39 is 26.0 Å². The Labute approximate surface area is 158 Å². The molecule has 1 heterocycles. The van der Waals surface area contributed by atoms with Crippen molar-refractivity contribution in [2.45, 2.75) is 17.7 Å². The SMILES string of the molecule is NS(=O)(=O)c1ccc(NC(=O)c2cccc(N3CCCCS3(=O)=O)c2)cc1. The number of carbonyl (C=O) groups excluding carboxylic acids is 1. The van der Waals surface area contributed by atoms with E-state index in [0.29, 0.717) is 29.9 Å². The molecule has 2 aromatic carbocycles. The van der Waals surface area contributed by atoms with Gasteiger partial charge in [-0.3, -0.25) is 9.10 Å². The molecule has 0 radical (unpaired) electrons. The van der Waals surface area contributed by atoms with E-state index >= 15 is 0 Å². The van der Waals surface area contributed by atoms with Gasteiger partial charge in [-0.1, -0.05) is 6.07 Å². The molecule has 1 fully saturated rings. The standard InChI is InChI=1S/C17H19N3O5S2/c18-27(24,25)16-8-6-14(7-9-16)19-17(21)13-4-3-5-15(12-13)20-10-1-2-11-26(20,22)23/h3-9,12H,1-2,10-11H2,(H,19,21)(H2,18,24,25). The number of nitrogens with zero attached hydrogens (tertiary/aromatic N) is 1. The molecule has 0 bridgehead atoms. The van der Waals surface area contributed by atoms with Crippen LogP contribution >= 0.6 is 0 Å². The third kappa shape index (κ3) is 4.46. The van der Waals surface area contributed by atoms with E-state index in [9.17, 15) is 21.6 Å². The number of primary sulfonamides is 1. The molecule has 1 saturated heterocycles. The Balaban J connectivity index is 1.80. The maximum atomic E-state index is 12.5. The molecule has 27 heavy (non-hydrogen) atoms. The summed E-state index contributed by atoms with van der Waals surface area (Å²) in [6.07, 6.45) is 1.40. The summed E-state index contributed by atoms with van der Waals surface area (Å²) < 4.78 is 48.3. The van der Waals surface area contributed by atoms with Crippen molar-refractivity contribution in [3.63, 3.8) is 0 Å². The molecule has 1 amide bonds. The van der Waals surface area contributed by atoms with E-state index in [1.807, 2.05) is 0 Å². The van der Waals surface area contributed by atoms with Crippen LogP contribution in [-0.4, -0.2) is 35.0 Å². The number of amides is 1. The molecule has 0 aromatic heterocycles. The minimum absolute atomic E-state index is 0.0576. The van der Waals surface area contributed by atoms with Crippen LogP contribution in [0.5, 0.6) is 0 Å². The second-order valence-electron chi connectivity index (χ2n) is 6.17. The van der Waals surface area contributed by atoms with Crippen molar-refractivity contribution in [1.29, 1.82) is 0 Å². The Kier molecular flexibility index (Phi) is 5.22. The molecule has 10 heteroatoms. The third-order valence-electron chi connectivity index (χ3n) is 4.19. The highest BCUT2D eigenvalue weighted by Gasteiger charge is 2.26. The van der Waals surface area contributed by atoms with Crippen LogP contribution in [0, 0.1) is 0 Å². The maximum absolute atomic E-state index is 12.5. The summed E-state index contributed by atoms with van der Waals surface area (Å²) in [5.74, 6) is -0.338. The summed E-state index contributed by atoms with van der Waals surface area (Å²) >= 11 is 0. The Morgan fingerprint density at radius 1 is 1.07 bits per heavy atom. The summed E-state index contributed by atoms with van der Waals surface area (Å²) in [4.78, 5) is 12.4. The average molecular weight is 409 g/mol. The number of hydrogen-bond acceptors (Lipinski definition) is 5. The zero-order valence-corrected chi connectivity index (χ0v) is 16.0. The van der Waals surface area contributed by atoms with Crippen LogP contribution in [0.25, 0.3) is 0 Å². The summed E-state index contributed by atoms with van der Waals surface area (Å²) in [5, 5.41) is 7.68. The predicted octanol–water partition coefficient (Wildman–Crippen LogP) is 1.52. The highest BCUT2D eigenvalue weighted by Crippen LogP contribution is 2.24. The van der Waals surface area contributed by atoms with Gasteiger partial charge < -0.3 is 5.32 Å². The van der Waals surface area contributed by atoms with Crippen LogP contribution < -0.4 is 14.8 Å². The molecular weight excluding hydrogens is 390 g/mol. The van der Waals surface area contributed by atoms with Crippen molar-refractivity contribution in [3.8, 4) is 0 Å². The first-order chi connectivity index (χ1) is 12.7. The summed E-state index contributed by atoms with van der Waals surface area (Å²) in [5.41, 5.74) is 1.14. The number of hydrogen-bond donors (Lipinski definition) is 2. The van der Waals surface area contributed by atoms with E-state index in [1.165, 1.54) is 34.6 Å². The fourth-order valence-corrected chi connectivity index (χ4v) is 4.96. The Morgan fingerprint density at radius 2 is 1.78 bits per heavy atom. The topological polar surface area (TPSA) is 127 Å². The first-order valence-electron chi connectivity index (χ1n) is 8.21. The van der Waals surface area contributed by atoms with E-state index in [2.05, 4.69) is 5.32 Å². The first kappa shape index (κ1) is 19.3. The van der Waals surface area contributed by atoms with Crippen molar-refractivity contribution >= 4 is 37.3 Å². The van der Waals surface area contributed by atoms with Gasteiger partial charge in [-0.15, -0.1) is 0 Å². The van der Waals surface area contributed by atoms with Gasteiger partial charge in [0.1, 0.15) is 0 Å². The lowest BCUT2D eigenvalue weighted by atomic mass is 10.1. The molecule has 144 valence electrons. The predicted molar refractivity (Wildman–Crippen MR) is 103 cm³/mol. The molecule has 1 aliphatic rings. The van der Waals surface area contributed by atoms with Gasteiger partial charge in [-0.25, -0.2) is 22.0 Å². The van der Waals surface area contributed by atoms with E-state index in [-0.39, 0.29) is 10.6 Å². The van der Waals surface area contributed by atoms with Gasteiger partial charge in [-0.2, -0.15) is 0 Å². The summed E-state index contributed by atoms with van der Waals surface area (Å²) in [6, 6.07) is 11.8. The van der Waals surface area contributed by atoms with Crippen LogP contribution in [0.2, 0.25) is 0 Å². The molecule has 2 aromatic rings. The monoisotopic (exact) mass is 409 g/mol. The molecule has 3 rings (SSSR count). The quantitative estimate of drug-likeness (QED) is 0.791. The van der Waals surface area contributed by atoms with E-state index in [4.69, 9.17) is 5.14 Å². The fraction of sp³-hybridized carbons (Fsp3) is 0.235. The summed E-state index contributed by atoms with van der Waals surface area (Å²) in [6.45, 7) is 0.391. The Hall–Kier alpha value is -2.43. The van der Waals surface area contributed by atoms with Crippen molar-refractivity contribution in [2.75, 3.05) is 21.9 Å². The second-order valence-corrected chi connectivity index (χ2v) is 9.74. The van der Waals surface area contributed by atoms with E-state index in [0.717, 1.165) is 6.42 Å². The number of sulfonamides is 2. The lowest BCUT2D eigenvalue weighted by Gasteiger charge is -2.28. The molecule has 0 saturated carbocycles. The van der Waals surface area contributed by atoms with E-state index in [1.54, 1.807) is 18.2 Å². The van der Waals surface area contributed by atoms with Crippen LogP contribution in [0.1, 0.15) is 23.2 Å². The van der Waals surface area contributed by atoms with Crippen molar-refractivity contribution in [1.82, 2.24) is 0 Å². The van der Waals surface area contributed by atoms with Gasteiger partial charge in [-0.05, 0) is 55.3 Å². The Bertz CT molecular complexity index is 1060. The second kappa shape index (κ2) is 7.29. The smallest absolute Gasteiger partial charge is 0.255 e. The maximum Gasteiger partial charge on any atom is 0.255 e. The zero-order chi connectivity index (χ0) is 19.7. The number of rotatable bonds is 4. The van der Waals surface area contributed by atoms with Crippen LogP contribution in [0.3, 0.4) is 0 Å². The number of benzene rings is 2. The zero-order valence-electron chi connectivity index (χ0n) is 14.3. The van der Waals surface area contributed by atoms with Gasteiger partial charge in [0.25, 0.3) is 5.91 Å². The lowest BCUT2D eigenvalue weighted by Crippen LogP contribution is -2.37. The molecule has 3 N–H and O–H groups in total. The Morgan fingerprint density at radius 3 is 2.41 bits per heavy atom. The van der Waals surface area contributed by atoms with Crippen LogP contribution in [0.4, 0.5) is 11.4 Å². The highest BCUT2D eigenvalue weighted by molar-refractivity contribution is 7.92. The van der Waals surface area contributed by atoms with Gasteiger partial charge >= 0.3 is 0 Å². The molecule has 8 nitrogen and oxygen atoms in total. The molecule has 1 aliphatic heterocycles. The minimum Gasteiger partial charge on any atom is -0.322 e. The number of carbonyl (C=O) groups is 1. The molecule has 0 aliphatic carbocycles. The van der Waals surface area contributed by atoms with Crippen LogP contribution in [0.15, 0.2) is 53.4 Å². The molecule has 0 spiro atoms. The van der Waals surface area contributed by atoms with Gasteiger partial charge in [0.05, 0.1) is 16.3 Å². The molecule has 0 unspecified atom stereocenters. The summed E-state index contributed by atoms with van der Waals surface area (Å²) in [7, 11) is -7.17. The van der Waals surface area contributed by atoms with Crippen molar-refractivity contribution in [2.24, 2.45) is 5.14 Å². The fourth-order valence-electron chi connectivity index (χ4n) is 2.81. The number of nitrogens with one attached hydrogen (secondary N) is 1.